The molecule has 0 aliphatic carbocycles. The first-order valence-corrected chi connectivity index (χ1v) is 6.72. The van der Waals surface area contributed by atoms with Gasteiger partial charge in [-0.2, -0.15) is 19.6 Å². The molecule has 0 spiro atoms. The first kappa shape index (κ1) is 19.8. The Bertz CT molecular complexity index is 255. The van der Waals surface area contributed by atoms with Crippen molar-refractivity contribution in [1.29, 1.82) is 0 Å². The van der Waals surface area contributed by atoms with Crippen molar-refractivity contribution in [3.63, 3.8) is 0 Å². The highest BCUT2D eigenvalue weighted by atomic mass is 17.4. The number of hydrogen-bond donors (Lipinski definition) is 0. The normalized spacial score (nSPS) is 14.7. The summed E-state index contributed by atoms with van der Waals surface area (Å²) in [6, 6.07) is 0. The lowest BCUT2D eigenvalue weighted by atomic mass is 10.2. The van der Waals surface area contributed by atoms with Gasteiger partial charge in [-0.25, -0.2) is 9.78 Å². The van der Waals surface area contributed by atoms with Crippen LogP contribution in [0.15, 0.2) is 0 Å². The Hall–Kier alpha value is -0.240. The Morgan fingerprint density at radius 3 is 0.750 bits per heavy atom. The Morgan fingerprint density at radius 2 is 0.550 bits per heavy atom. The third kappa shape index (κ3) is 11.6. The summed E-state index contributed by atoms with van der Waals surface area (Å²) in [7, 11) is 0. The third-order valence-corrected chi connectivity index (χ3v) is 1.43. The molecular formula is C14H30O6. The van der Waals surface area contributed by atoms with Gasteiger partial charge in [0.05, 0.1) is 11.2 Å². The summed E-state index contributed by atoms with van der Waals surface area (Å²) >= 11 is 0. The summed E-state index contributed by atoms with van der Waals surface area (Å²) in [5.41, 5.74) is -0.885. The molecule has 122 valence electrons. The van der Waals surface area contributed by atoms with Crippen LogP contribution in [-0.2, 0) is 29.3 Å². The molecular weight excluding hydrogens is 264 g/mol. The van der Waals surface area contributed by atoms with E-state index in [0.717, 1.165) is 0 Å². The van der Waals surface area contributed by atoms with Gasteiger partial charge in [0, 0.05) is 0 Å². The SMILES string of the molecule is CC(C)(C)OOC(C)(C)OOC(C)(C)OOC(C)(C)C. The van der Waals surface area contributed by atoms with Gasteiger partial charge in [0.25, 0.3) is 0 Å². The van der Waals surface area contributed by atoms with Gasteiger partial charge in [0.2, 0.25) is 11.6 Å². The minimum atomic E-state index is -1.09. The van der Waals surface area contributed by atoms with E-state index in [1.165, 1.54) is 0 Å². The molecule has 0 amide bonds. The van der Waals surface area contributed by atoms with E-state index in [4.69, 9.17) is 29.3 Å². The van der Waals surface area contributed by atoms with Crippen LogP contribution in [0.5, 0.6) is 0 Å². The van der Waals surface area contributed by atoms with Crippen molar-refractivity contribution in [2.75, 3.05) is 0 Å². The zero-order chi connectivity index (χ0) is 16.2. The zero-order valence-corrected chi connectivity index (χ0v) is 14.4. The fraction of sp³-hybridized carbons (Fsp3) is 1.00. The first-order chi connectivity index (χ1) is 8.62. The summed E-state index contributed by atoms with van der Waals surface area (Å²) in [6.07, 6.45) is 0. The van der Waals surface area contributed by atoms with Crippen LogP contribution >= 0.6 is 0 Å². The molecule has 0 aliphatic heterocycles. The Kier molecular flexibility index (Phi) is 6.60. The van der Waals surface area contributed by atoms with Crippen molar-refractivity contribution in [3.8, 4) is 0 Å². The topological polar surface area (TPSA) is 55.4 Å². The lowest BCUT2D eigenvalue weighted by molar-refractivity contribution is -0.580. The maximum absolute atomic E-state index is 5.20. The fourth-order valence-corrected chi connectivity index (χ4v) is 0.679. The molecule has 0 bridgehead atoms. The molecule has 0 atom stereocenters. The number of rotatable bonds is 7. The van der Waals surface area contributed by atoms with Gasteiger partial charge in [-0.15, -0.1) is 0 Å². The third-order valence-electron chi connectivity index (χ3n) is 1.43. The van der Waals surface area contributed by atoms with E-state index in [0.29, 0.717) is 0 Å². The molecule has 0 saturated carbocycles. The van der Waals surface area contributed by atoms with E-state index < -0.39 is 22.8 Å². The Balaban J connectivity index is 4.23. The summed E-state index contributed by atoms with van der Waals surface area (Å²) in [5.74, 6) is -2.18. The molecule has 6 nitrogen and oxygen atoms in total. The van der Waals surface area contributed by atoms with Gasteiger partial charge >= 0.3 is 0 Å². The van der Waals surface area contributed by atoms with Crippen molar-refractivity contribution in [2.45, 2.75) is 92.0 Å². The zero-order valence-electron chi connectivity index (χ0n) is 14.4. The minimum absolute atomic E-state index is 0.442. The van der Waals surface area contributed by atoms with E-state index in [9.17, 15) is 0 Å². The van der Waals surface area contributed by atoms with Crippen LogP contribution in [0, 0.1) is 0 Å². The first-order valence-electron chi connectivity index (χ1n) is 6.72. The lowest BCUT2D eigenvalue weighted by Crippen LogP contribution is -2.39. The molecule has 0 aromatic heterocycles. The second kappa shape index (κ2) is 6.68. The summed E-state index contributed by atoms with van der Waals surface area (Å²) < 4.78 is 0. The Labute approximate surface area is 122 Å². The van der Waals surface area contributed by atoms with Gasteiger partial charge in [0.15, 0.2) is 0 Å². The van der Waals surface area contributed by atoms with Crippen LogP contribution in [0.2, 0.25) is 0 Å². The standard InChI is InChI=1S/C14H30O6/c1-11(2,3)15-17-13(7,8)19-20-14(9,10)18-16-12(4,5)6/h1-10H3. The fourth-order valence-electron chi connectivity index (χ4n) is 0.679. The average molecular weight is 294 g/mol. The van der Waals surface area contributed by atoms with Gasteiger partial charge in [-0.1, -0.05) is 0 Å². The van der Waals surface area contributed by atoms with E-state index in [1.54, 1.807) is 27.7 Å². The quantitative estimate of drug-likeness (QED) is 0.403. The minimum Gasteiger partial charge on any atom is -0.228 e. The molecule has 0 unspecified atom stereocenters. The smallest absolute Gasteiger partial charge is 0.228 e. The molecule has 20 heavy (non-hydrogen) atoms. The van der Waals surface area contributed by atoms with Crippen LogP contribution in [0.4, 0.5) is 0 Å². The maximum atomic E-state index is 5.20. The second-order valence-electron chi connectivity index (χ2n) is 7.52. The summed E-state index contributed by atoms with van der Waals surface area (Å²) in [5, 5.41) is 0. The van der Waals surface area contributed by atoms with Gasteiger partial charge in [0.1, 0.15) is 0 Å². The molecule has 0 aliphatic rings. The molecule has 0 aromatic rings. The van der Waals surface area contributed by atoms with Gasteiger partial charge in [-0.05, 0) is 69.2 Å². The van der Waals surface area contributed by atoms with Crippen LogP contribution < -0.4 is 0 Å². The molecule has 6 heteroatoms. The lowest BCUT2D eigenvalue weighted by Gasteiger charge is -2.32. The molecule has 0 aromatic carbocycles. The molecule has 0 radical (unpaired) electrons. The van der Waals surface area contributed by atoms with Gasteiger partial charge in [-0.3, -0.25) is 0 Å². The van der Waals surface area contributed by atoms with Crippen LogP contribution in [0.25, 0.3) is 0 Å². The average Bonchev–Trinajstić information content (AvgIpc) is 2.20. The van der Waals surface area contributed by atoms with E-state index in [1.807, 2.05) is 41.5 Å². The van der Waals surface area contributed by atoms with E-state index in [2.05, 4.69) is 0 Å². The van der Waals surface area contributed by atoms with Crippen LogP contribution in [0.3, 0.4) is 0 Å². The van der Waals surface area contributed by atoms with Crippen LogP contribution in [-0.4, -0.2) is 22.8 Å². The van der Waals surface area contributed by atoms with Crippen molar-refractivity contribution < 1.29 is 29.3 Å². The Morgan fingerprint density at radius 1 is 0.350 bits per heavy atom. The van der Waals surface area contributed by atoms with Crippen molar-refractivity contribution in [1.82, 2.24) is 0 Å². The number of hydrogen-bond acceptors (Lipinski definition) is 6. The van der Waals surface area contributed by atoms with Crippen molar-refractivity contribution in [3.05, 3.63) is 0 Å². The molecule has 0 saturated heterocycles. The van der Waals surface area contributed by atoms with E-state index in [-0.39, 0.29) is 0 Å². The van der Waals surface area contributed by atoms with Crippen molar-refractivity contribution >= 4 is 0 Å². The monoisotopic (exact) mass is 294 g/mol. The largest absolute Gasteiger partial charge is 0.228 e. The highest BCUT2D eigenvalue weighted by Gasteiger charge is 2.32. The maximum Gasteiger partial charge on any atom is 0.228 e. The highest BCUT2D eigenvalue weighted by Crippen LogP contribution is 2.23. The summed E-state index contributed by atoms with van der Waals surface area (Å²) in [6.45, 7) is 17.9. The summed E-state index contributed by atoms with van der Waals surface area (Å²) in [4.78, 5) is 31.2. The van der Waals surface area contributed by atoms with Crippen molar-refractivity contribution in [2.24, 2.45) is 0 Å². The van der Waals surface area contributed by atoms with E-state index >= 15 is 0 Å². The molecule has 0 fully saturated rings. The molecule has 0 rings (SSSR count). The second-order valence-corrected chi connectivity index (χ2v) is 7.52. The predicted molar refractivity (Wildman–Crippen MR) is 74.2 cm³/mol. The predicted octanol–water partition coefficient (Wildman–Crippen LogP) is 3.90. The van der Waals surface area contributed by atoms with Crippen LogP contribution in [0.1, 0.15) is 69.2 Å². The van der Waals surface area contributed by atoms with Gasteiger partial charge < -0.3 is 0 Å². The highest BCUT2D eigenvalue weighted by molar-refractivity contribution is 4.57. The molecule has 0 heterocycles. The molecule has 0 N–H and O–H groups in total.